The first-order valence-corrected chi connectivity index (χ1v) is 9.02. The minimum Gasteiger partial charge on any atom is -0.378 e. The van der Waals surface area contributed by atoms with Crippen LogP contribution in [0.25, 0.3) is 0 Å². The van der Waals surface area contributed by atoms with Crippen LogP contribution in [0.2, 0.25) is 0 Å². The molecule has 0 radical (unpaired) electrons. The van der Waals surface area contributed by atoms with Gasteiger partial charge < -0.3 is 15.0 Å². The third-order valence-corrected chi connectivity index (χ3v) is 5.56. The summed E-state index contributed by atoms with van der Waals surface area (Å²) in [5.41, 5.74) is 0.251. The number of nitrogens with zero attached hydrogens (tertiary/aromatic N) is 3. The van der Waals surface area contributed by atoms with Crippen LogP contribution in [0.4, 0.5) is 5.82 Å². The molecular formula is C13H18N4O4S. The van der Waals surface area contributed by atoms with Gasteiger partial charge in [0.05, 0.1) is 24.7 Å². The van der Waals surface area contributed by atoms with E-state index in [-0.39, 0.29) is 29.1 Å². The van der Waals surface area contributed by atoms with Crippen LogP contribution in [0.3, 0.4) is 0 Å². The van der Waals surface area contributed by atoms with E-state index in [1.807, 2.05) is 4.90 Å². The molecule has 120 valence electrons. The zero-order chi connectivity index (χ0) is 15.6. The third kappa shape index (κ3) is 3.53. The summed E-state index contributed by atoms with van der Waals surface area (Å²) >= 11 is 0. The summed E-state index contributed by atoms with van der Waals surface area (Å²) in [7, 11) is -3.02. The van der Waals surface area contributed by atoms with Crippen molar-refractivity contribution in [2.24, 2.45) is 0 Å². The van der Waals surface area contributed by atoms with E-state index in [1.54, 1.807) is 6.07 Å². The molecule has 2 aliphatic rings. The van der Waals surface area contributed by atoms with Gasteiger partial charge in [0.1, 0.15) is 17.8 Å². The smallest absolute Gasteiger partial charge is 0.270 e. The van der Waals surface area contributed by atoms with Crippen LogP contribution in [0.15, 0.2) is 12.4 Å². The predicted molar refractivity (Wildman–Crippen MR) is 79.6 cm³/mol. The number of morpholine rings is 1. The van der Waals surface area contributed by atoms with E-state index in [0.717, 1.165) is 13.1 Å². The number of hydrogen-bond acceptors (Lipinski definition) is 7. The number of rotatable bonds is 3. The summed E-state index contributed by atoms with van der Waals surface area (Å²) in [6.45, 7) is 2.70. The standard InChI is InChI=1S/C13H18N4O4S/c18-13(16-10-1-6-22(19,20)8-10)11-7-12(15-9-14-11)17-2-4-21-5-3-17/h7,9-10H,1-6,8H2,(H,16,18). The van der Waals surface area contributed by atoms with Gasteiger partial charge in [-0.15, -0.1) is 0 Å². The highest BCUT2D eigenvalue weighted by Crippen LogP contribution is 2.15. The molecule has 0 bridgehead atoms. The molecule has 3 heterocycles. The first kappa shape index (κ1) is 15.2. The second-order valence-corrected chi connectivity index (χ2v) is 7.66. The van der Waals surface area contributed by atoms with Gasteiger partial charge in [-0.3, -0.25) is 4.79 Å². The number of nitrogens with one attached hydrogen (secondary N) is 1. The second-order valence-electron chi connectivity index (χ2n) is 5.43. The van der Waals surface area contributed by atoms with Crippen LogP contribution >= 0.6 is 0 Å². The fourth-order valence-electron chi connectivity index (χ4n) is 2.60. The average molecular weight is 326 g/mol. The van der Waals surface area contributed by atoms with E-state index in [1.165, 1.54) is 6.33 Å². The zero-order valence-electron chi connectivity index (χ0n) is 12.1. The largest absolute Gasteiger partial charge is 0.378 e. The molecule has 1 aromatic heterocycles. The van der Waals surface area contributed by atoms with E-state index in [4.69, 9.17) is 4.74 Å². The molecule has 0 aromatic carbocycles. The van der Waals surface area contributed by atoms with Gasteiger partial charge in [-0.1, -0.05) is 0 Å². The maximum atomic E-state index is 12.2. The van der Waals surface area contributed by atoms with E-state index in [0.29, 0.717) is 25.5 Å². The SMILES string of the molecule is O=C(NC1CCS(=O)(=O)C1)c1cc(N2CCOCC2)ncn1. The van der Waals surface area contributed by atoms with Gasteiger partial charge in [0.2, 0.25) is 0 Å². The van der Waals surface area contributed by atoms with Crippen molar-refractivity contribution in [3.63, 3.8) is 0 Å². The molecule has 1 atom stereocenters. The Morgan fingerprint density at radius 1 is 1.32 bits per heavy atom. The number of ether oxygens (including phenoxy) is 1. The lowest BCUT2D eigenvalue weighted by Gasteiger charge is -2.27. The van der Waals surface area contributed by atoms with Gasteiger partial charge in [-0.05, 0) is 6.42 Å². The summed E-state index contributed by atoms with van der Waals surface area (Å²) < 4.78 is 28.1. The van der Waals surface area contributed by atoms with E-state index < -0.39 is 9.84 Å². The topological polar surface area (TPSA) is 101 Å². The highest BCUT2D eigenvalue weighted by Gasteiger charge is 2.29. The summed E-state index contributed by atoms with van der Waals surface area (Å²) in [6, 6.07) is 1.30. The molecule has 3 rings (SSSR count). The van der Waals surface area contributed by atoms with Crippen LogP contribution in [0, 0.1) is 0 Å². The molecule has 2 fully saturated rings. The van der Waals surface area contributed by atoms with Crippen molar-refractivity contribution in [3.05, 3.63) is 18.1 Å². The first-order chi connectivity index (χ1) is 10.5. The molecule has 1 unspecified atom stereocenters. The summed E-state index contributed by atoms with van der Waals surface area (Å²) in [6.07, 6.45) is 1.81. The molecule has 9 heteroatoms. The normalized spacial score (nSPS) is 24.2. The Balaban J connectivity index is 1.67. The third-order valence-electron chi connectivity index (χ3n) is 3.79. The lowest BCUT2D eigenvalue weighted by atomic mass is 10.2. The molecule has 2 saturated heterocycles. The zero-order valence-corrected chi connectivity index (χ0v) is 12.9. The number of hydrogen-bond donors (Lipinski definition) is 1. The number of amides is 1. The van der Waals surface area contributed by atoms with Gasteiger partial charge in [0, 0.05) is 25.2 Å². The first-order valence-electron chi connectivity index (χ1n) is 7.19. The van der Waals surface area contributed by atoms with Gasteiger partial charge in [0.25, 0.3) is 5.91 Å². The molecule has 0 saturated carbocycles. The summed E-state index contributed by atoms with van der Waals surface area (Å²) in [4.78, 5) is 22.4. The van der Waals surface area contributed by atoms with E-state index >= 15 is 0 Å². The molecule has 1 aromatic rings. The maximum absolute atomic E-state index is 12.2. The molecule has 8 nitrogen and oxygen atoms in total. The van der Waals surface area contributed by atoms with Crippen LogP contribution < -0.4 is 10.2 Å². The van der Waals surface area contributed by atoms with Crippen molar-refractivity contribution in [1.29, 1.82) is 0 Å². The summed E-state index contributed by atoms with van der Waals surface area (Å²) in [5, 5.41) is 2.73. The predicted octanol–water partition coefficient (Wildman–Crippen LogP) is -0.770. The highest BCUT2D eigenvalue weighted by atomic mass is 32.2. The molecular weight excluding hydrogens is 308 g/mol. The Labute approximate surface area is 128 Å². The molecule has 0 spiro atoms. The molecule has 0 aliphatic carbocycles. The minimum atomic E-state index is -3.02. The van der Waals surface area contributed by atoms with Crippen molar-refractivity contribution in [2.45, 2.75) is 12.5 Å². The van der Waals surface area contributed by atoms with Crippen LogP contribution in [0.1, 0.15) is 16.9 Å². The van der Waals surface area contributed by atoms with E-state index in [2.05, 4.69) is 15.3 Å². The maximum Gasteiger partial charge on any atom is 0.270 e. The lowest BCUT2D eigenvalue weighted by Crippen LogP contribution is -2.38. The molecule has 2 aliphatic heterocycles. The van der Waals surface area contributed by atoms with Crippen molar-refractivity contribution in [2.75, 3.05) is 42.7 Å². The Hall–Kier alpha value is -1.74. The van der Waals surface area contributed by atoms with Crippen molar-refractivity contribution in [1.82, 2.24) is 15.3 Å². The van der Waals surface area contributed by atoms with Crippen molar-refractivity contribution >= 4 is 21.6 Å². The number of sulfone groups is 1. The number of aromatic nitrogens is 2. The fourth-order valence-corrected chi connectivity index (χ4v) is 4.28. The lowest BCUT2D eigenvalue weighted by molar-refractivity contribution is 0.0936. The van der Waals surface area contributed by atoms with Gasteiger partial charge >= 0.3 is 0 Å². The number of carbonyl (C=O) groups is 1. The number of carbonyl (C=O) groups excluding carboxylic acids is 1. The monoisotopic (exact) mass is 326 g/mol. The van der Waals surface area contributed by atoms with Crippen LogP contribution in [0.5, 0.6) is 0 Å². The Kier molecular flexibility index (Phi) is 4.25. The van der Waals surface area contributed by atoms with Gasteiger partial charge in [-0.2, -0.15) is 0 Å². The quantitative estimate of drug-likeness (QED) is 0.778. The molecule has 1 amide bonds. The van der Waals surface area contributed by atoms with E-state index in [9.17, 15) is 13.2 Å². The van der Waals surface area contributed by atoms with Crippen LogP contribution in [-0.4, -0.2) is 68.1 Å². The molecule has 22 heavy (non-hydrogen) atoms. The minimum absolute atomic E-state index is 0.000143. The van der Waals surface area contributed by atoms with Crippen molar-refractivity contribution in [3.8, 4) is 0 Å². The Bertz CT molecular complexity index is 658. The van der Waals surface area contributed by atoms with Gasteiger partial charge in [-0.25, -0.2) is 18.4 Å². The average Bonchev–Trinajstić information content (AvgIpc) is 2.87. The van der Waals surface area contributed by atoms with Crippen molar-refractivity contribution < 1.29 is 17.9 Å². The second kappa shape index (κ2) is 6.17. The summed E-state index contributed by atoms with van der Waals surface area (Å²) in [5.74, 6) is 0.447. The number of anilines is 1. The Morgan fingerprint density at radius 3 is 2.77 bits per heavy atom. The Morgan fingerprint density at radius 2 is 2.09 bits per heavy atom. The van der Waals surface area contributed by atoms with Crippen LogP contribution in [-0.2, 0) is 14.6 Å². The fraction of sp³-hybridized carbons (Fsp3) is 0.615. The molecule has 1 N–H and O–H groups in total. The van der Waals surface area contributed by atoms with Gasteiger partial charge in [0.15, 0.2) is 9.84 Å². The highest BCUT2D eigenvalue weighted by molar-refractivity contribution is 7.91.